The van der Waals surface area contributed by atoms with Gasteiger partial charge in [0.15, 0.2) is 6.61 Å². The fraction of sp³-hybridized carbons (Fsp3) is 0.240. The lowest BCUT2D eigenvalue weighted by atomic mass is 9.85. The van der Waals surface area contributed by atoms with E-state index < -0.39 is 24.4 Å². The average molecular weight is 494 g/mol. The molecule has 4 amide bonds. The molecule has 5 rings (SSSR count). The summed E-state index contributed by atoms with van der Waals surface area (Å²) in [7, 11) is 0. The average Bonchev–Trinajstić information content (AvgIpc) is 3.55. The van der Waals surface area contributed by atoms with Crippen LogP contribution in [-0.2, 0) is 19.1 Å². The first-order valence-corrected chi connectivity index (χ1v) is 11.4. The number of nitrogens with zero attached hydrogens (tertiary/aromatic N) is 1. The minimum absolute atomic E-state index is 0.0818. The number of anilines is 1. The van der Waals surface area contributed by atoms with Crippen LogP contribution in [0.3, 0.4) is 0 Å². The Kier molecular flexibility index (Phi) is 5.86. The molecule has 9 nitrogen and oxygen atoms in total. The molecule has 1 saturated carbocycles. The van der Waals surface area contributed by atoms with E-state index in [0.29, 0.717) is 10.7 Å². The number of benzene rings is 2. The van der Waals surface area contributed by atoms with E-state index in [-0.39, 0.29) is 46.6 Å². The molecule has 2 N–H and O–H groups in total. The summed E-state index contributed by atoms with van der Waals surface area (Å²) in [6.07, 6.45) is 4.85. The summed E-state index contributed by atoms with van der Waals surface area (Å²) in [5.41, 5.74) is 5.02. The smallest absolute Gasteiger partial charge is 0.338 e. The largest absolute Gasteiger partial charge is 0.452 e. The van der Waals surface area contributed by atoms with E-state index in [0.717, 1.165) is 11.3 Å². The number of amides is 4. The second kappa shape index (κ2) is 8.99. The van der Waals surface area contributed by atoms with Crippen LogP contribution < -0.4 is 15.8 Å². The highest BCUT2D eigenvalue weighted by Crippen LogP contribution is 2.53. The zero-order chi connectivity index (χ0) is 24.7. The number of esters is 1. The van der Waals surface area contributed by atoms with Crippen molar-refractivity contribution in [1.82, 2.24) is 10.9 Å². The number of hydrazine groups is 1. The van der Waals surface area contributed by atoms with Gasteiger partial charge in [-0.3, -0.25) is 30.0 Å². The van der Waals surface area contributed by atoms with Crippen LogP contribution in [0.1, 0.15) is 27.1 Å². The zero-order valence-corrected chi connectivity index (χ0v) is 19.0. The van der Waals surface area contributed by atoms with E-state index in [4.69, 9.17) is 16.3 Å². The zero-order valence-electron chi connectivity index (χ0n) is 18.3. The van der Waals surface area contributed by atoms with Gasteiger partial charge in [0.1, 0.15) is 0 Å². The SMILES string of the molecule is O=C(COC(=O)c1cccc(N2C(=O)[C@@H]3[C@H](C2=O)[C@H]2C=C[C@H]3C2)c1)NNC(=O)c1ccc(Cl)cc1. The molecule has 2 aromatic rings. The van der Waals surface area contributed by atoms with Crippen LogP contribution in [0.2, 0.25) is 5.02 Å². The van der Waals surface area contributed by atoms with Gasteiger partial charge in [-0.15, -0.1) is 0 Å². The van der Waals surface area contributed by atoms with Crippen molar-refractivity contribution in [3.8, 4) is 0 Å². The van der Waals surface area contributed by atoms with Crippen molar-refractivity contribution in [3.63, 3.8) is 0 Å². The maximum absolute atomic E-state index is 13.0. The van der Waals surface area contributed by atoms with Crippen LogP contribution in [0.25, 0.3) is 0 Å². The molecule has 2 fully saturated rings. The van der Waals surface area contributed by atoms with E-state index in [1.807, 2.05) is 12.2 Å². The molecule has 4 atom stereocenters. The Morgan fingerprint density at radius 3 is 2.23 bits per heavy atom. The van der Waals surface area contributed by atoms with Gasteiger partial charge in [0.2, 0.25) is 11.8 Å². The number of carbonyl (C=O) groups is 5. The van der Waals surface area contributed by atoms with Crippen molar-refractivity contribution in [2.45, 2.75) is 6.42 Å². The lowest BCUT2D eigenvalue weighted by Crippen LogP contribution is -2.43. The Labute approximate surface area is 205 Å². The molecule has 0 radical (unpaired) electrons. The third-order valence-electron chi connectivity index (χ3n) is 6.57. The van der Waals surface area contributed by atoms with Gasteiger partial charge in [0.05, 0.1) is 23.1 Å². The molecule has 0 aromatic heterocycles. The van der Waals surface area contributed by atoms with E-state index >= 15 is 0 Å². The minimum Gasteiger partial charge on any atom is -0.452 e. The van der Waals surface area contributed by atoms with Gasteiger partial charge >= 0.3 is 5.97 Å². The predicted molar refractivity (Wildman–Crippen MR) is 124 cm³/mol. The van der Waals surface area contributed by atoms with E-state index in [1.54, 1.807) is 12.1 Å². The van der Waals surface area contributed by atoms with Crippen LogP contribution in [-0.4, -0.2) is 36.2 Å². The minimum atomic E-state index is -0.813. The molecule has 2 bridgehead atoms. The Morgan fingerprint density at radius 2 is 1.57 bits per heavy atom. The molecule has 1 saturated heterocycles. The highest BCUT2D eigenvalue weighted by molar-refractivity contribution is 6.30. The van der Waals surface area contributed by atoms with Gasteiger partial charge in [-0.05, 0) is 60.7 Å². The second-order valence-corrected chi connectivity index (χ2v) is 9.08. The third kappa shape index (κ3) is 4.19. The van der Waals surface area contributed by atoms with E-state index in [9.17, 15) is 24.0 Å². The Morgan fingerprint density at radius 1 is 0.914 bits per heavy atom. The first-order valence-electron chi connectivity index (χ1n) is 11.0. The molecule has 2 aliphatic carbocycles. The molecule has 3 aliphatic rings. The van der Waals surface area contributed by atoms with Crippen molar-refractivity contribution < 1.29 is 28.7 Å². The number of halogens is 1. The highest BCUT2D eigenvalue weighted by Gasteiger charge is 2.59. The molecular formula is C25H20ClN3O6. The number of allylic oxidation sites excluding steroid dienone is 2. The monoisotopic (exact) mass is 493 g/mol. The molecular weight excluding hydrogens is 474 g/mol. The number of imide groups is 1. The van der Waals surface area contributed by atoms with Gasteiger partial charge in [-0.1, -0.05) is 29.8 Å². The second-order valence-electron chi connectivity index (χ2n) is 8.65. The number of rotatable bonds is 5. The van der Waals surface area contributed by atoms with Gasteiger partial charge in [-0.2, -0.15) is 0 Å². The lowest BCUT2D eigenvalue weighted by Gasteiger charge is -2.18. The first-order chi connectivity index (χ1) is 16.8. The maximum atomic E-state index is 13.0. The highest BCUT2D eigenvalue weighted by atomic mass is 35.5. The molecule has 1 heterocycles. The van der Waals surface area contributed by atoms with Gasteiger partial charge < -0.3 is 4.74 Å². The van der Waals surface area contributed by atoms with Gasteiger partial charge in [0.25, 0.3) is 11.8 Å². The molecule has 0 unspecified atom stereocenters. The summed E-state index contributed by atoms with van der Waals surface area (Å²) in [5, 5.41) is 0.465. The number of fused-ring (bicyclic) bond motifs is 5. The molecule has 0 spiro atoms. The fourth-order valence-corrected chi connectivity index (χ4v) is 5.11. The maximum Gasteiger partial charge on any atom is 0.338 e. The molecule has 2 aromatic carbocycles. The normalized spacial score (nSPS) is 23.9. The van der Waals surface area contributed by atoms with Gasteiger partial charge in [-0.25, -0.2) is 9.69 Å². The van der Waals surface area contributed by atoms with Crippen molar-refractivity contribution in [2.24, 2.45) is 23.7 Å². The van der Waals surface area contributed by atoms with Crippen molar-refractivity contribution in [1.29, 1.82) is 0 Å². The Hall–Kier alpha value is -3.98. The van der Waals surface area contributed by atoms with Crippen molar-refractivity contribution in [3.05, 3.63) is 76.8 Å². The Balaban J connectivity index is 1.17. The number of carbonyl (C=O) groups excluding carboxylic acids is 5. The standard InChI is InChI=1S/C25H20ClN3O6/c26-17-8-6-13(7-9-17)22(31)28-27-19(30)12-35-25(34)16-2-1-3-18(11-16)29-23(32)20-14-4-5-15(10-14)21(20)24(29)33/h1-9,11,14-15,20-21H,10,12H2,(H,27,30)(H,28,31)/t14-,15-,20-,21+/m0/s1. The number of hydrogen-bond donors (Lipinski definition) is 2. The molecule has 10 heteroatoms. The van der Waals surface area contributed by atoms with Gasteiger partial charge in [0, 0.05) is 10.6 Å². The summed E-state index contributed by atoms with van der Waals surface area (Å²) >= 11 is 5.77. The predicted octanol–water partition coefficient (Wildman–Crippen LogP) is 2.27. The van der Waals surface area contributed by atoms with Crippen LogP contribution in [0.4, 0.5) is 5.69 Å². The van der Waals surface area contributed by atoms with Crippen LogP contribution in [0, 0.1) is 23.7 Å². The van der Waals surface area contributed by atoms with Crippen molar-refractivity contribution in [2.75, 3.05) is 11.5 Å². The number of nitrogens with one attached hydrogen (secondary N) is 2. The van der Waals surface area contributed by atoms with E-state index in [2.05, 4.69) is 10.9 Å². The molecule has 35 heavy (non-hydrogen) atoms. The van der Waals surface area contributed by atoms with Crippen molar-refractivity contribution >= 4 is 46.9 Å². The summed E-state index contributed by atoms with van der Waals surface area (Å²) in [4.78, 5) is 63.6. The van der Waals surface area contributed by atoms with Crippen LogP contribution in [0.5, 0.6) is 0 Å². The lowest BCUT2D eigenvalue weighted by molar-refractivity contribution is -0.125. The first kappa shape index (κ1) is 22.8. The summed E-state index contributed by atoms with van der Waals surface area (Å²) in [6.45, 7) is -0.648. The third-order valence-corrected chi connectivity index (χ3v) is 6.82. The summed E-state index contributed by atoms with van der Waals surface area (Å²) in [5.74, 6) is -3.17. The summed E-state index contributed by atoms with van der Waals surface area (Å²) in [6, 6.07) is 12.0. The molecule has 178 valence electrons. The topological polar surface area (TPSA) is 122 Å². The number of hydrogen-bond acceptors (Lipinski definition) is 6. The molecule has 1 aliphatic heterocycles. The quantitative estimate of drug-likeness (QED) is 0.285. The fourth-order valence-electron chi connectivity index (χ4n) is 4.98. The van der Waals surface area contributed by atoms with Crippen LogP contribution >= 0.6 is 11.6 Å². The Bertz CT molecular complexity index is 1240. The number of ether oxygens (including phenoxy) is 1. The van der Waals surface area contributed by atoms with E-state index in [1.165, 1.54) is 36.4 Å². The van der Waals surface area contributed by atoms with Crippen LogP contribution in [0.15, 0.2) is 60.7 Å². The summed E-state index contributed by atoms with van der Waals surface area (Å²) < 4.78 is 5.02.